The summed E-state index contributed by atoms with van der Waals surface area (Å²) in [6, 6.07) is 16.3. The molecule has 198 valence electrons. The third kappa shape index (κ3) is 6.59. The summed E-state index contributed by atoms with van der Waals surface area (Å²) in [5.41, 5.74) is 2.91. The van der Waals surface area contributed by atoms with Crippen molar-refractivity contribution in [3.8, 4) is 0 Å². The summed E-state index contributed by atoms with van der Waals surface area (Å²) in [5.74, 6) is 0.0146. The zero-order chi connectivity index (χ0) is 26.2. The van der Waals surface area contributed by atoms with Gasteiger partial charge in [-0.2, -0.15) is 4.98 Å². The summed E-state index contributed by atoms with van der Waals surface area (Å²) >= 11 is 6.32. The molecule has 0 saturated carbocycles. The number of nitrogens with zero attached hydrogens (tertiary/aromatic N) is 3. The van der Waals surface area contributed by atoms with Crippen LogP contribution in [0.2, 0.25) is 5.28 Å². The number of halogens is 1. The van der Waals surface area contributed by atoms with Crippen molar-refractivity contribution in [2.75, 3.05) is 30.5 Å². The minimum Gasteiger partial charge on any atom is -0.368 e. The third-order valence-electron chi connectivity index (χ3n) is 6.74. The fraction of sp³-hybridized carbons (Fsp3) is 0.417. The number of hydrogen-bond acceptors (Lipinski definition) is 7. The first-order valence-corrected chi connectivity index (χ1v) is 15.9. The molecule has 2 unspecified atom stereocenters. The molecule has 10 nitrogen and oxygen atoms in total. The van der Waals surface area contributed by atoms with Gasteiger partial charge in [0.05, 0.1) is 24.3 Å². The molecule has 0 bridgehead atoms. The predicted molar refractivity (Wildman–Crippen MR) is 140 cm³/mol. The van der Waals surface area contributed by atoms with E-state index in [9.17, 15) is 14.0 Å². The van der Waals surface area contributed by atoms with E-state index in [-0.39, 0.29) is 18.0 Å². The number of benzene rings is 2. The highest BCUT2D eigenvalue weighted by atomic mass is 35.5. The summed E-state index contributed by atoms with van der Waals surface area (Å²) in [4.78, 5) is 38.8. The third-order valence-corrected chi connectivity index (χ3v) is 10.4. The topological polar surface area (TPSA) is 142 Å². The molecule has 0 radical (unpaired) electrons. The van der Waals surface area contributed by atoms with Gasteiger partial charge in [-0.1, -0.05) is 36.4 Å². The van der Waals surface area contributed by atoms with Crippen LogP contribution in [0, 0.1) is 0 Å². The normalized spacial score (nSPS) is 24.0. The van der Waals surface area contributed by atoms with E-state index in [2.05, 4.69) is 39.1 Å². The van der Waals surface area contributed by atoms with Crippen LogP contribution in [0.5, 0.6) is 0 Å². The van der Waals surface area contributed by atoms with Gasteiger partial charge >= 0.3 is 15.2 Å². The zero-order valence-electron chi connectivity index (χ0n) is 19.9. The lowest BCUT2D eigenvalue weighted by atomic mass is 9.99. The van der Waals surface area contributed by atoms with Crippen LogP contribution in [0.4, 0.5) is 5.82 Å². The van der Waals surface area contributed by atoms with Crippen LogP contribution in [0.15, 0.2) is 48.5 Å². The molecule has 2 fully saturated rings. The molecule has 0 amide bonds. The van der Waals surface area contributed by atoms with E-state index >= 15 is 0 Å². The molecule has 1 aromatic heterocycles. The van der Waals surface area contributed by atoms with Crippen molar-refractivity contribution >= 4 is 43.5 Å². The molecule has 2 aliphatic rings. The molecule has 13 heteroatoms. The van der Waals surface area contributed by atoms with E-state index in [0.29, 0.717) is 24.3 Å². The van der Waals surface area contributed by atoms with Gasteiger partial charge in [-0.05, 0) is 54.1 Å². The second kappa shape index (κ2) is 10.7. The smallest absolute Gasteiger partial charge is 0.340 e. The maximum absolute atomic E-state index is 11.9. The number of fused-ring (bicyclic) bond motifs is 1. The van der Waals surface area contributed by atoms with E-state index in [0.717, 1.165) is 36.3 Å². The molecule has 0 aliphatic carbocycles. The van der Waals surface area contributed by atoms with Crippen LogP contribution in [0.3, 0.4) is 0 Å². The van der Waals surface area contributed by atoms with Gasteiger partial charge in [0.1, 0.15) is 5.82 Å². The SMILES string of the molecule is O=P(O)(O)CP(=O)(O)OC[C@@H]1CC[C@H](c2ccc3c(N4CCC(c5ccccc5)C4)nc(Cl)nc3c2)O1. The molecule has 2 aromatic carbocycles. The quantitative estimate of drug-likeness (QED) is 0.256. The Balaban J connectivity index is 1.28. The fourth-order valence-corrected chi connectivity index (χ4v) is 7.80. The number of ether oxygens (including phenoxy) is 1. The van der Waals surface area contributed by atoms with Crippen LogP contribution >= 0.6 is 26.8 Å². The Kier molecular flexibility index (Phi) is 7.74. The minimum absolute atomic E-state index is 0.171. The van der Waals surface area contributed by atoms with Crippen LogP contribution in [0.1, 0.15) is 42.4 Å². The van der Waals surface area contributed by atoms with Crippen molar-refractivity contribution in [2.24, 2.45) is 0 Å². The summed E-state index contributed by atoms with van der Waals surface area (Å²) in [5, 5.41) is 1.07. The first kappa shape index (κ1) is 26.7. The lowest BCUT2D eigenvalue weighted by Crippen LogP contribution is -2.21. The van der Waals surface area contributed by atoms with E-state index < -0.39 is 27.2 Å². The number of rotatable bonds is 8. The van der Waals surface area contributed by atoms with Crippen LogP contribution < -0.4 is 4.90 Å². The van der Waals surface area contributed by atoms with Crippen molar-refractivity contribution in [2.45, 2.75) is 37.4 Å². The van der Waals surface area contributed by atoms with Gasteiger partial charge in [0.2, 0.25) is 5.28 Å². The lowest BCUT2D eigenvalue weighted by Gasteiger charge is -2.20. The first-order chi connectivity index (χ1) is 17.6. The summed E-state index contributed by atoms with van der Waals surface area (Å²) in [7, 11) is -9.09. The highest BCUT2D eigenvalue weighted by Crippen LogP contribution is 2.55. The number of anilines is 1. The Hall–Kier alpha value is -1.87. The van der Waals surface area contributed by atoms with Crippen molar-refractivity contribution in [3.63, 3.8) is 0 Å². The van der Waals surface area contributed by atoms with Gasteiger partial charge < -0.3 is 28.8 Å². The molecular formula is C24H28ClN3O7P2. The molecule has 5 rings (SSSR count). The maximum Gasteiger partial charge on any atom is 0.340 e. The largest absolute Gasteiger partial charge is 0.368 e. The second-order valence-corrected chi connectivity index (χ2v) is 13.8. The van der Waals surface area contributed by atoms with Gasteiger partial charge in [-0.25, -0.2) is 4.98 Å². The Morgan fingerprint density at radius 2 is 1.81 bits per heavy atom. The minimum atomic E-state index is -4.67. The van der Waals surface area contributed by atoms with Gasteiger partial charge in [0.25, 0.3) is 0 Å². The highest BCUT2D eigenvalue weighted by molar-refractivity contribution is 7.70. The Morgan fingerprint density at radius 3 is 2.57 bits per heavy atom. The van der Waals surface area contributed by atoms with E-state index in [1.807, 2.05) is 24.3 Å². The molecule has 2 saturated heterocycles. The summed E-state index contributed by atoms with van der Waals surface area (Å²) in [6.45, 7) is 1.49. The average Bonchev–Trinajstić information content (AvgIpc) is 3.51. The van der Waals surface area contributed by atoms with Crippen LogP contribution in [0.25, 0.3) is 10.9 Å². The predicted octanol–water partition coefficient (Wildman–Crippen LogP) is 4.83. The van der Waals surface area contributed by atoms with Crippen molar-refractivity contribution < 1.29 is 33.1 Å². The molecule has 3 heterocycles. The van der Waals surface area contributed by atoms with E-state index in [1.165, 1.54) is 5.56 Å². The Bertz CT molecular complexity index is 1370. The summed E-state index contributed by atoms with van der Waals surface area (Å²) < 4.78 is 33.9. The van der Waals surface area contributed by atoms with Gasteiger partial charge in [-0.15, -0.1) is 0 Å². The second-order valence-electron chi connectivity index (χ2n) is 9.50. The van der Waals surface area contributed by atoms with Gasteiger partial charge in [-0.3, -0.25) is 9.13 Å². The van der Waals surface area contributed by atoms with Crippen molar-refractivity contribution in [1.82, 2.24) is 9.97 Å². The monoisotopic (exact) mass is 567 g/mol. The van der Waals surface area contributed by atoms with Crippen molar-refractivity contribution in [1.29, 1.82) is 0 Å². The highest BCUT2D eigenvalue weighted by Gasteiger charge is 2.34. The van der Waals surface area contributed by atoms with Crippen LogP contribution in [-0.2, 0) is 18.4 Å². The molecule has 37 heavy (non-hydrogen) atoms. The molecule has 0 spiro atoms. The van der Waals surface area contributed by atoms with Crippen LogP contribution in [-0.4, -0.2) is 56.4 Å². The Morgan fingerprint density at radius 1 is 1.03 bits per heavy atom. The lowest BCUT2D eigenvalue weighted by molar-refractivity contribution is 0.0150. The fourth-order valence-electron chi connectivity index (χ4n) is 5.04. The molecule has 3 N–H and O–H groups in total. The molecule has 4 atom stereocenters. The number of aromatic nitrogens is 2. The maximum atomic E-state index is 11.9. The zero-order valence-corrected chi connectivity index (χ0v) is 22.4. The van der Waals surface area contributed by atoms with Crippen molar-refractivity contribution in [3.05, 3.63) is 64.9 Å². The van der Waals surface area contributed by atoms with E-state index in [4.69, 9.17) is 30.6 Å². The molecule has 2 aliphatic heterocycles. The Labute approximate surface area is 219 Å². The van der Waals surface area contributed by atoms with E-state index in [1.54, 1.807) is 0 Å². The average molecular weight is 568 g/mol. The van der Waals surface area contributed by atoms with Gasteiger partial charge in [0, 0.05) is 24.4 Å². The summed E-state index contributed by atoms with van der Waals surface area (Å²) in [6.07, 6.45) is 1.51. The standard InChI is InChI=1S/C24H28ClN3O7P2/c25-24-26-21-12-17(22-9-7-19(35-22)14-34-37(32,33)15-36(29,30)31)6-8-20(21)23(27-24)28-11-10-18(13-28)16-4-2-1-3-5-16/h1-6,8,12,18-19,22H,7,9-11,13-15H2,(H,32,33)(H2,29,30,31)/t18?,19-,22+/m0/s1. The van der Waals surface area contributed by atoms with Gasteiger partial charge in [0.15, 0.2) is 5.90 Å². The number of hydrogen-bond donors (Lipinski definition) is 3. The molecular weight excluding hydrogens is 540 g/mol. The molecule has 3 aromatic rings. The first-order valence-electron chi connectivity index (χ1n) is 12.0.